The van der Waals surface area contributed by atoms with Crippen LogP contribution in [0.25, 0.3) is 22.2 Å². The average Bonchev–Trinajstić information content (AvgIpc) is 2.88. The van der Waals surface area contributed by atoms with E-state index >= 15 is 0 Å². The highest BCUT2D eigenvalue weighted by Crippen LogP contribution is 2.34. The van der Waals surface area contributed by atoms with E-state index < -0.39 is 0 Å². The first-order chi connectivity index (χ1) is 8.79. The van der Waals surface area contributed by atoms with Crippen LogP contribution in [0.1, 0.15) is 10.6 Å². The van der Waals surface area contributed by atoms with Crippen LogP contribution in [-0.4, -0.2) is 11.3 Å². The van der Waals surface area contributed by atoms with Crippen molar-refractivity contribution >= 4 is 33.1 Å². The van der Waals surface area contributed by atoms with Gasteiger partial charge in [0.1, 0.15) is 5.76 Å². The summed E-state index contributed by atoms with van der Waals surface area (Å²) in [5, 5.41) is 1.01. The molecule has 2 heterocycles. The fraction of sp³-hybridized carbons (Fsp3) is 0. The number of rotatable bonds is 2. The highest BCUT2D eigenvalue weighted by molar-refractivity contribution is 9.10. The lowest BCUT2D eigenvalue weighted by Crippen LogP contribution is -1.83. The van der Waals surface area contributed by atoms with Gasteiger partial charge in [0.15, 0.2) is 12.0 Å². The fourth-order valence-corrected chi connectivity index (χ4v) is 2.53. The minimum Gasteiger partial charge on any atom is -0.453 e. The van der Waals surface area contributed by atoms with Crippen molar-refractivity contribution in [1.82, 2.24) is 4.98 Å². The monoisotopic (exact) mass is 301 g/mol. The Kier molecular flexibility index (Phi) is 2.72. The van der Waals surface area contributed by atoms with Crippen molar-refractivity contribution in [2.24, 2.45) is 0 Å². The molecule has 0 amide bonds. The zero-order valence-corrected chi connectivity index (χ0v) is 10.8. The summed E-state index contributed by atoms with van der Waals surface area (Å²) in [6, 6.07) is 11.2. The van der Waals surface area contributed by atoms with Gasteiger partial charge in [0, 0.05) is 21.6 Å². The van der Waals surface area contributed by atoms with E-state index in [9.17, 15) is 4.79 Å². The zero-order valence-electron chi connectivity index (χ0n) is 9.26. The Morgan fingerprint density at radius 2 is 2.06 bits per heavy atom. The number of halogens is 1. The molecule has 0 radical (unpaired) electrons. The number of carbonyl (C=O) groups excluding carboxylic acids is 1. The summed E-state index contributed by atoms with van der Waals surface area (Å²) in [7, 11) is 0. The van der Waals surface area contributed by atoms with Crippen molar-refractivity contribution in [2.45, 2.75) is 0 Å². The number of benzene rings is 1. The van der Waals surface area contributed by atoms with Crippen molar-refractivity contribution in [2.75, 3.05) is 0 Å². The van der Waals surface area contributed by atoms with Gasteiger partial charge in [-0.05, 0) is 46.3 Å². The molecule has 4 heteroatoms. The number of hydrogen-bond acceptors (Lipinski definition) is 3. The van der Waals surface area contributed by atoms with Gasteiger partial charge in [-0.15, -0.1) is 0 Å². The molecular weight excluding hydrogens is 294 g/mol. The van der Waals surface area contributed by atoms with Gasteiger partial charge in [-0.1, -0.05) is 6.07 Å². The Morgan fingerprint density at radius 1 is 1.17 bits per heavy atom. The molecule has 1 aromatic carbocycles. The summed E-state index contributed by atoms with van der Waals surface area (Å²) in [5.74, 6) is 0.984. The molecule has 3 rings (SSSR count). The molecule has 0 fully saturated rings. The van der Waals surface area contributed by atoms with E-state index in [0.29, 0.717) is 17.8 Å². The maximum atomic E-state index is 10.6. The van der Waals surface area contributed by atoms with Crippen molar-refractivity contribution in [1.29, 1.82) is 0 Å². The van der Waals surface area contributed by atoms with Gasteiger partial charge in [-0.2, -0.15) is 0 Å². The summed E-state index contributed by atoms with van der Waals surface area (Å²) < 4.78 is 6.35. The second kappa shape index (κ2) is 4.38. The SMILES string of the molecule is O=Cc1ccc(-c2ccc3ncccc3c2Br)o1. The van der Waals surface area contributed by atoms with E-state index in [1.165, 1.54) is 0 Å². The van der Waals surface area contributed by atoms with Crippen molar-refractivity contribution in [3.8, 4) is 11.3 Å². The third-order valence-electron chi connectivity index (χ3n) is 2.73. The minimum atomic E-state index is 0.322. The third kappa shape index (κ3) is 1.75. The predicted octanol–water partition coefficient (Wildman–Crippen LogP) is 4.07. The van der Waals surface area contributed by atoms with Crippen LogP contribution in [0.15, 0.2) is 51.5 Å². The van der Waals surface area contributed by atoms with Crippen LogP contribution in [0.4, 0.5) is 0 Å². The number of aromatic nitrogens is 1. The molecule has 2 aromatic heterocycles. The first kappa shape index (κ1) is 11.2. The largest absolute Gasteiger partial charge is 0.453 e. The quantitative estimate of drug-likeness (QED) is 0.670. The minimum absolute atomic E-state index is 0.322. The number of nitrogens with zero attached hydrogens (tertiary/aromatic N) is 1. The molecule has 0 unspecified atom stereocenters. The average molecular weight is 302 g/mol. The van der Waals surface area contributed by atoms with E-state index in [1.54, 1.807) is 18.3 Å². The van der Waals surface area contributed by atoms with Gasteiger partial charge in [0.05, 0.1) is 5.52 Å². The summed E-state index contributed by atoms with van der Waals surface area (Å²) >= 11 is 3.56. The van der Waals surface area contributed by atoms with Crippen molar-refractivity contribution in [3.63, 3.8) is 0 Å². The zero-order chi connectivity index (χ0) is 12.5. The Balaban J connectivity index is 2.23. The maximum absolute atomic E-state index is 10.6. The number of hydrogen-bond donors (Lipinski definition) is 0. The van der Waals surface area contributed by atoms with E-state index in [0.717, 1.165) is 20.9 Å². The van der Waals surface area contributed by atoms with Crippen LogP contribution >= 0.6 is 15.9 Å². The summed E-state index contributed by atoms with van der Waals surface area (Å²) in [6.45, 7) is 0. The van der Waals surface area contributed by atoms with E-state index in [2.05, 4.69) is 20.9 Å². The van der Waals surface area contributed by atoms with Crippen LogP contribution in [0.3, 0.4) is 0 Å². The Morgan fingerprint density at radius 3 is 2.83 bits per heavy atom. The first-order valence-corrected chi connectivity index (χ1v) is 6.17. The molecule has 0 bridgehead atoms. The van der Waals surface area contributed by atoms with Crippen LogP contribution < -0.4 is 0 Å². The first-order valence-electron chi connectivity index (χ1n) is 5.38. The van der Waals surface area contributed by atoms with Crippen LogP contribution in [0.5, 0.6) is 0 Å². The second-order valence-electron chi connectivity index (χ2n) is 3.82. The molecule has 0 atom stereocenters. The van der Waals surface area contributed by atoms with Crippen LogP contribution in [0, 0.1) is 0 Å². The Labute approximate surface area is 112 Å². The number of furan rings is 1. The number of aldehydes is 1. The molecule has 18 heavy (non-hydrogen) atoms. The molecule has 0 spiro atoms. The molecule has 3 aromatic rings. The molecule has 0 aliphatic heterocycles. The van der Waals surface area contributed by atoms with E-state index in [-0.39, 0.29) is 0 Å². The highest BCUT2D eigenvalue weighted by Gasteiger charge is 2.11. The summed E-state index contributed by atoms with van der Waals surface area (Å²) in [4.78, 5) is 14.9. The molecule has 0 saturated heterocycles. The van der Waals surface area contributed by atoms with Crippen LogP contribution in [-0.2, 0) is 0 Å². The summed E-state index contributed by atoms with van der Waals surface area (Å²) in [5.41, 5.74) is 1.82. The van der Waals surface area contributed by atoms with E-state index in [1.807, 2.05) is 24.3 Å². The van der Waals surface area contributed by atoms with Gasteiger partial charge < -0.3 is 4.42 Å². The lowest BCUT2D eigenvalue weighted by molar-refractivity contribution is 0.110. The molecule has 88 valence electrons. The maximum Gasteiger partial charge on any atom is 0.185 e. The lowest BCUT2D eigenvalue weighted by Gasteiger charge is -2.04. The molecule has 3 nitrogen and oxygen atoms in total. The lowest BCUT2D eigenvalue weighted by atomic mass is 10.1. The van der Waals surface area contributed by atoms with Crippen molar-refractivity contribution in [3.05, 3.63) is 52.8 Å². The Bertz CT molecular complexity index is 733. The molecule has 0 saturated carbocycles. The number of pyridine rings is 1. The van der Waals surface area contributed by atoms with Crippen molar-refractivity contribution < 1.29 is 9.21 Å². The van der Waals surface area contributed by atoms with Gasteiger partial charge in [-0.3, -0.25) is 9.78 Å². The molecule has 0 aliphatic carbocycles. The standard InChI is InChI=1S/C14H8BrNO2/c15-14-10-2-1-7-16-12(10)5-4-11(14)13-6-3-9(8-17)18-13/h1-8H. The molecular formula is C14H8BrNO2. The van der Waals surface area contributed by atoms with Gasteiger partial charge >= 0.3 is 0 Å². The third-order valence-corrected chi connectivity index (χ3v) is 3.58. The Hall–Kier alpha value is -1.94. The van der Waals surface area contributed by atoms with Gasteiger partial charge in [0.2, 0.25) is 0 Å². The topological polar surface area (TPSA) is 43.1 Å². The van der Waals surface area contributed by atoms with Crippen LogP contribution in [0.2, 0.25) is 0 Å². The normalized spacial score (nSPS) is 10.7. The smallest absolute Gasteiger partial charge is 0.185 e. The number of carbonyl (C=O) groups is 1. The highest BCUT2D eigenvalue weighted by atomic mass is 79.9. The number of fused-ring (bicyclic) bond motifs is 1. The second-order valence-corrected chi connectivity index (χ2v) is 4.61. The predicted molar refractivity (Wildman–Crippen MR) is 72.5 cm³/mol. The molecule has 0 aliphatic rings. The van der Waals surface area contributed by atoms with Gasteiger partial charge in [0.25, 0.3) is 0 Å². The van der Waals surface area contributed by atoms with E-state index in [4.69, 9.17) is 4.42 Å². The molecule has 0 N–H and O–H groups in total. The van der Waals surface area contributed by atoms with Gasteiger partial charge in [-0.25, -0.2) is 0 Å². The fourth-order valence-electron chi connectivity index (χ4n) is 1.87. The summed E-state index contributed by atoms with van der Waals surface area (Å²) in [6.07, 6.45) is 2.45.